The van der Waals surface area contributed by atoms with Gasteiger partial charge in [-0.1, -0.05) is 11.6 Å². The first-order chi connectivity index (χ1) is 7.95. The van der Waals surface area contributed by atoms with Crippen molar-refractivity contribution >= 4 is 51.4 Å². The molecule has 0 aromatic heterocycles. The molecule has 1 aromatic rings. The van der Waals surface area contributed by atoms with Gasteiger partial charge in [0.15, 0.2) is 5.84 Å². The van der Waals surface area contributed by atoms with E-state index in [9.17, 15) is 4.39 Å². The Morgan fingerprint density at radius 3 is 2.82 bits per heavy atom. The van der Waals surface area contributed by atoms with Crippen LogP contribution >= 0.6 is 34.2 Å². The van der Waals surface area contributed by atoms with E-state index in [1.165, 1.54) is 6.07 Å². The van der Waals surface area contributed by atoms with Gasteiger partial charge in [-0.25, -0.2) is 4.39 Å². The number of nitriles is 1. The number of hydrogen-bond acceptors (Lipinski definition) is 4. The fourth-order valence-electron chi connectivity index (χ4n) is 0.870. The third-order valence-electron chi connectivity index (χ3n) is 1.66. The van der Waals surface area contributed by atoms with Crippen LogP contribution in [0.4, 0.5) is 10.1 Å². The average Bonchev–Trinajstić information content (AvgIpc) is 2.25. The molecule has 0 saturated carbocycles. The summed E-state index contributed by atoms with van der Waals surface area (Å²) in [6.07, 6.45) is 0. The molecule has 17 heavy (non-hydrogen) atoms. The van der Waals surface area contributed by atoms with Crippen LogP contribution in [0.1, 0.15) is 0 Å². The monoisotopic (exact) mass is 365 g/mol. The van der Waals surface area contributed by atoms with Crippen molar-refractivity contribution in [3.05, 3.63) is 26.5 Å². The van der Waals surface area contributed by atoms with Crippen molar-refractivity contribution in [2.24, 2.45) is 10.8 Å². The summed E-state index contributed by atoms with van der Waals surface area (Å²) in [5.74, 6) is -0.912. The SMILES string of the molecule is N#C/C(=N\Nc1cc(I)c(F)cc1Cl)C(=N)N. The molecule has 0 spiro atoms. The van der Waals surface area contributed by atoms with Crippen molar-refractivity contribution in [1.82, 2.24) is 0 Å². The molecule has 0 aliphatic carbocycles. The molecule has 8 heteroatoms. The Hall–Kier alpha value is -1.40. The highest BCUT2D eigenvalue weighted by atomic mass is 127. The fraction of sp³-hybridized carbons (Fsp3) is 0. The second-order valence-electron chi connectivity index (χ2n) is 2.84. The molecule has 88 valence electrons. The summed E-state index contributed by atoms with van der Waals surface area (Å²) in [6.45, 7) is 0. The van der Waals surface area contributed by atoms with Crippen LogP contribution in [-0.2, 0) is 0 Å². The number of hydrazone groups is 1. The summed E-state index contributed by atoms with van der Waals surface area (Å²) < 4.78 is 13.4. The van der Waals surface area contributed by atoms with E-state index in [4.69, 9.17) is 28.0 Å². The van der Waals surface area contributed by atoms with Crippen LogP contribution in [0.5, 0.6) is 0 Å². The Kier molecular flexibility index (Phi) is 4.65. The second kappa shape index (κ2) is 5.79. The Balaban J connectivity index is 3.01. The maximum absolute atomic E-state index is 13.1. The lowest BCUT2D eigenvalue weighted by Gasteiger charge is -2.05. The first-order valence-corrected chi connectivity index (χ1v) is 5.64. The largest absolute Gasteiger partial charge is 0.382 e. The third-order valence-corrected chi connectivity index (χ3v) is 2.80. The molecule has 4 N–H and O–H groups in total. The summed E-state index contributed by atoms with van der Waals surface area (Å²) in [5.41, 5.74) is 7.60. The number of hydrogen-bond donors (Lipinski definition) is 3. The minimum absolute atomic E-state index is 0.118. The average molecular weight is 366 g/mol. The Labute approximate surface area is 115 Å². The highest BCUT2D eigenvalue weighted by Crippen LogP contribution is 2.26. The smallest absolute Gasteiger partial charge is 0.201 e. The first-order valence-electron chi connectivity index (χ1n) is 4.18. The molecule has 0 atom stereocenters. The van der Waals surface area contributed by atoms with Gasteiger partial charge in [0.25, 0.3) is 0 Å². The van der Waals surface area contributed by atoms with Gasteiger partial charge in [-0.15, -0.1) is 0 Å². The zero-order valence-electron chi connectivity index (χ0n) is 8.26. The number of halogens is 3. The van der Waals surface area contributed by atoms with E-state index >= 15 is 0 Å². The highest BCUT2D eigenvalue weighted by molar-refractivity contribution is 14.1. The minimum Gasteiger partial charge on any atom is -0.382 e. The standard InChI is InChI=1S/C9H6ClFIN5/c10-4-1-5(11)6(12)2-7(4)16-17-8(3-13)9(14)15/h1-2,16H,(H3,14,15)/b17-8+. The van der Waals surface area contributed by atoms with E-state index < -0.39 is 11.7 Å². The van der Waals surface area contributed by atoms with Crippen LogP contribution in [0.2, 0.25) is 5.02 Å². The lowest BCUT2D eigenvalue weighted by Crippen LogP contribution is -2.21. The molecule has 1 rings (SSSR count). The summed E-state index contributed by atoms with van der Waals surface area (Å²) in [5, 5.41) is 19.4. The Bertz CT molecular complexity index is 537. The lowest BCUT2D eigenvalue weighted by atomic mass is 10.3. The molecule has 1 aromatic carbocycles. The van der Waals surface area contributed by atoms with Gasteiger partial charge < -0.3 is 5.73 Å². The zero-order valence-corrected chi connectivity index (χ0v) is 11.2. The molecule has 0 heterocycles. The third kappa shape index (κ3) is 3.54. The Morgan fingerprint density at radius 1 is 1.65 bits per heavy atom. The van der Waals surface area contributed by atoms with Crippen molar-refractivity contribution in [2.75, 3.05) is 5.43 Å². The summed E-state index contributed by atoms with van der Waals surface area (Å²) in [6, 6.07) is 4.19. The van der Waals surface area contributed by atoms with E-state index in [2.05, 4.69) is 10.5 Å². The summed E-state index contributed by atoms with van der Waals surface area (Å²) in [4.78, 5) is 0. The predicted octanol–water partition coefficient (Wildman–Crippen LogP) is 2.31. The van der Waals surface area contributed by atoms with Crippen LogP contribution in [0.3, 0.4) is 0 Å². The van der Waals surface area contributed by atoms with Gasteiger partial charge in [0.2, 0.25) is 5.71 Å². The van der Waals surface area contributed by atoms with Crippen molar-refractivity contribution in [1.29, 1.82) is 10.7 Å². The number of amidine groups is 1. The number of benzene rings is 1. The maximum Gasteiger partial charge on any atom is 0.201 e. The molecular formula is C9H6ClFIN5. The molecule has 5 nitrogen and oxygen atoms in total. The normalized spacial score (nSPS) is 10.8. The molecular weight excluding hydrogens is 359 g/mol. The molecule has 0 bridgehead atoms. The molecule has 0 unspecified atom stereocenters. The number of rotatable bonds is 3. The van der Waals surface area contributed by atoms with Crippen LogP contribution < -0.4 is 11.2 Å². The molecule has 0 aliphatic rings. The van der Waals surface area contributed by atoms with Gasteiger partial charge >= 0.3 is 0 Å². The lowest BCUT2D eigenvalue weighted by molar-refractivity contribution is 0.620. The minimum atomic E-state index is -0.465. The fourth-order valence-corrected chi connectivity index (χ4v) is 1.53. The van der Waals surface area contributed by atoms with E-state index in [1.54, 1.807) is 28.7 Å². The van der Waals surface area contributed by atoms with Gasteiger partial charge in [-0.2, -0.15) is 10.4 Å². The molecule has 0 fully saturated rings. The van der Waals surface area contributed by atoms with Gasteiger partial charge in [-0.3, -0.25) is 10.8 Å². The number of anilines is 1. The van der Waals surface area contributed by atoms with Crippen molar-refractivity contribution < 1.29 is 4.39 Å². The zero-order chi connectivity index (χ0) is 13.0. The maximum atomic E-state index is 13.1. The molecule has 0 aliphatic heterocycles. The molecule has 0 amide bonds. The van der Waals surface area contributed by atoms with E-state index in [1.807, 2.05) is 0 Å². The molecule has 0 saturated heterocycles. The van der Waals surface area contributed by atoms with Crippen LogP contribution in [-0.4, -0.2) is 11.5 Å². The topological polar surface area (TPSA) is 98.0 Å². The van der Waals surface area contributed by atoms with Crippen molar-refractivity contribution in [3.8, 4) is 6.07 Å². The number of nitrogens with zero attached hydrogens (tertiary/aromatic N) is 2. The first kappa shape index (κ1) is 13.7. The van der Waals surface area contributed by atoms with E-state index in [-0.39, 0.29) is 10.7 Å². The number of nitrogens with two attached hydrogens (primary N) is 1. The highest BCUT2D eigenvalue weighted by Gasteiger charge is 2.07. The van der Waals surface area contributed by atoms with Gasteiger partial charge in [0, 0.05) is 0 Å². The Morgan fingerprint density at radius 2 is 2.29 bits per heavy atom. The number of nitrogens with one attached hydrogen (secondary N) is 2. The van der Waals surface area contributed by atoms with E-state index in [0.29, 0.717) is 9.26 Å². The summed E-state index contributed by atoms with van der Waals surface area (Å²) >= 11 is 7.56. The van der Waals surface area contributed by atoms with Gasteiger partial charge in [-0.05, 0) is 34.7 Å². The quantitative estimate of drug-likeness (QED) is 0.252. The van der Waals surface area contributed by atoms with Crippen LogP contribution in [0.15, 0.2) is 17.2 Å². The summed E-state index contributed by atoms with van der Waals surface area (Å²) in [7, 11) is 0. The van der Waals surface area contributed by atoms with Crippen molar-refractivity contribution in [3.63, 3.8) is 0 Å². The van der Waals surface area contributed by atoms with Gasteiger partial charge in [0.1, 0.15) is 11.9 Å². The van der Waals surface area contributed by atoms with Crippen LogP contribution in [0.25, 0.3) is 0 Å². The van der Waals surface area contributed by atoms with E-state index in [0.717, 1.165) is 6.07 Å². The molecule has 0 radical (unpaired) electrons. The second-order valence-corrected chi connectivity index (χ2v) is 4.41. The predicted molar refractivity (Wildman–Crippen MR) is 72.7 cm³/mol. The van der Waals surface area contributed by atoms with Crippen molar-refractivity contribution in [2.45, 2.75) is 0 Å². The van der Waals surface area contributed by atoms with Crippen LogP contribution in [0, 0.1) is 26.1 Å². The van der Waals surface area contributed by atoms with Gasteiger partial charge in [0.05, 0.1) is 14.3 Å².